The van der Waals surface area contributed by atoms with Gasteiger partial charge >= 0.3 is 12.1 Å². The Balaban J connectivity index is 2.20. The van der Waals surface area contributed by atoms with E-state index in [0.717, 1.165) is 5.56 Å². The third-order valence-corrected chi connectivity index (χ3v) is 6.62. The van der Waals surface area contributed by atoms with Gasteiger partial charge in [0, 0.05) is 11.6 Å². The van der Waals surface area contributed by atoms with Crippen LogP contribution in [0.15, 0.2) is 41.4 Å². The zero-order valence-corrected chi connectivity index (χ0v) is 23.7. The molecule has 0 bridgehead atoms. The molecule has 0 aromatic heterocycles. The van der Waals surface area contributed by atoms with E-state index in [4.69, 9.17) is 16.3 Å². The number of hydrogen-bond donors (Lipinski definition) is 3. The molecule has 0 spiro atoms. The summed E-state index contributed by atoms with van der Waals surface area (Å²) in [6, 6.07) is 7.58. The molecule has 3 amide bonds. The van der Waals surface area contributed by atoms with Crippen molar-refractivity contribution in [3.63, 3.8) is 0 Å². The topological polar surface area (TPSA) is 125 Å². The lowest BCUT2D eigenvalue weighted by Crippen LogP contribution is -2.52. The van der Waals surface area contributed by atoms with E-state index < -0.39 is 48.0 Å². The second-order valence-corrected chi connectivity index (χ2v) is 11.4. The number of amides is 3. The fourth-order valence-electron chi connectivity index (χ4n) is 4.33. The molecule has 4 atom stereocenters. The van der Waals surface area contributed by atoms with Crippen LogP contribution >= 0.6 is 11.6 Å². The molecule has 1 aliphatic rings. The molecule has 1 aromatic rings. The van der Waals surface area contributed by atoms with Gasteiger partial charge in [-0.2, -0.15) is 0 Å². The molecule has 9 nitrogen and oxygen atoms in total. The van der Waals surface area contributed by atoms with Gasteiger partial charge in [-0.25, -0.2) is 4.79 Å². The number of halogens is 1. The van der Waals surface area contributed by atoms with Gasteiger partial charge in [0.15, 0.2) is 0 Å². The number of alkyl carbamates (subject to hydrolysis) is 1. The van der Waals surface area contributed by atoms with Crippen molar-refractivity contribution in [3.05, 3.63) is 47.0 Å². The van der Waals surface area contributed by atoms with Gasteiger partial charge < -0.3 is 25.4 Å². The van der Waals surface area contributed by atoms with Crippen LogP contribution in [0.5, 0.6) is 0 Å². The highest BCUT2D eigenvalue weighted by atomic mass is 35.5. The molecule has 38 heavy (non-hydrogen) atoms. The average molecular weight is 550 g/mol. The summed E-state index contributed by atoms with van der Waals surface area (Å²) in [5.74, 6) is -2.58. The molecule has 2 rings (SSSR count). The molecule has 0 unspecified atom stereocenters. The standard InChI is InChI=1S/C28H40ClN3O6/c1-17(2)20(25(35)30-18(3)19-11-8-7-9-12-19)15-21(29)23-13-10-14-32(23)26(36)22(16-24(33)34)31-27(37)38-28(4,5)6/h7-9,11-12,15,17-18,20,22-23H,10,13-14,16H2,1-6H3,(H,30,35)(H,31,37)(H,33,34)/b21-15-/t18-,20+,22+,23+/m1/s1. The summed E-state index contributed by atoms with van der Waals surface area (Å²) in [7, 11) is 0. The van der Waals surface area contributed by atoms with Crippen molar-refractivity contribution < 1.29 is 29.0 Å². The second-order valence-electron chi connectivity index (χ2n) is 10.9. The summed E-state index contributed by atoms with van der Waals surface area (Å²) >= 11 is 6.72. The Morgan fingerprint density at radius 3 is 2.32 bits per heavy atom. The normalized spacial score (nSPS) is 18.5. The van der Waals surface area contributed by atoms with Crippen LogP contribution in [0, 0.1) is 11.8 Å². The van der Waals surface area contributed by atoms with Gasteiger partial charge in [-0.3, -0.25) is 14.4 Å². The summed E-state index contributed by atoms with van der Waals surface area (Å²) in [5, 5.41) is 15.1. The molecule has 1 heterocycles. The molecule has 0 radical (unpaired) electrons. The summed E-state index contributed by atoms with van der Waals surface area (Å²) < 4.78 is 5.21. The molecule has 1 fully saturated rings. The van der Waals surface area contributed by atoms with Gasteiger partial charge in [-0.15, -0.1) is 0 Å². The minimum atomic E-state index is -1.32. The molecule has 10 heteroatoms. The van der Waals surface area contributed by atoms with Crippen LogP contribution in [-0.2, 0) is 19.1 Å². The maximum Gasteiger partial charge on any atom is 0.408 e. The zero-order valence-electron chi connectivity index (χ0n) is 23.0. The number of carbonyl (C=O) groups is 4. The molecule has 3 N–H and O–H groups in total. The van der Waals surface area contributed by atoms with Crippen LogP contribution in [0.2, 0.25) is 0 Å². The number of ether oxygens (including phenoxy) is 1. The first kappa shape index (κ1) is 31.1. The Labute approximate surface area is 229 Å². The van der Waals surface area contributed by atoms with Crippen LogP contribution in [0.25, 0.3) is 0 Å². The Morgan fingerprint density at radius 2 is 1.76 bits per heavy atom. The first-order valence-corrected chi connectivity index (χ1v) is 13.3. The van der Waals surface area contributed by atoms with Crippen molar-refractivity contribution >= 4 is 35.5 Å². The molecule has 0 aliphatic carbocycles. The van der Waals surface area contributed by atoms with E-state index in [2.05, 4.69) is 10.6 Å². The number of carboxylic acids is 1. The molecule has 1 aliphatic heterocycles. The number of benzene rings is 1. The van der Waals surface area contributed by atoms with E-state index in [-0.39, 0.29) is 17.9 Å². The number of carbonyl (C=O) groups excluding carboxylic acids is 3. The predicted molar refractivity (Wildman–Crippen MR) is 145 cm³/mol. The van der Waals surface area contributed by atoms with Crippen LogP contribution in [0.4, 0.5) is 4.79 Å². The lowest BCUT2D eigenvalue weighted by molar-refractivity contribution is -0.142. The molecular weight excluding hydrogens is 510 g/mol. The number of likely N-dealkylation sites (tertiary alicyclic amines) is 1. The van der Waals surface area contributed by atoms with E-state index in [1.54, 1.807) is 26.8 Å². The second kappa shape index (κ2) is 13.6. The largest absolute Gasteiger partial charge is 0.481 e. The van der Waals surface area contributed by atoms with E-state index in [0.29, 0.717) is 24.4 Å². The summed E-state index contributed by atoms with van der Waals surface area (Å²) in [6.45, 7) is 11.1. The Bertz CT molecular complexity index is 1020. The number of aliphatic carboxylic acids is 1. The van der Waals surface area contributed by atoms with Gasteiger partial charge in [0.1, 0.15) is 11.6 Å². The number of nitrogens with one attached hydrogen (secondary N) is 2. The number of rotatable bonds is 10. The fourth-order valence-corrected chi connectivity index (χ4v) is 4.69. The summed E-state index contributed by atoms with van der Waals surface area (Å²) in [6.07, 6.45) is 1.41. The van der Waals surface area contributed by atoms with E-state index in [1.165, 1.54) is 4.90 Å². The minimum Gasteiger partial charge on any atom is -0.481 e. The SMILES string of the molecule is CC(C)[C@H](/C=C(\Cl)[C@@H]1CCCN1C(=O)[C@H](CC(=O)O)NC(=O)OC(C)(C)C)C(=O)N[C@H](C)c1ccccc1. The minimum absolute atomic E-state index is 0.0640. The Hall–Kier alpha value is -3.07. The van der Waals surface area contributed by atoms with Crippen molar-refractivity contribution in [2.24, 2.45) is 11.8 Å². The molecular formula is C28H40ClN3O6. The van der Waals surface area contributed by atoms with E-state index >= 15 is 0 Å². The smallest absolute Gasteiger partial charge is 0.408 e. The van der Waals surface area contributed by atoms with E-state index in [1.807, 2.05) is 51.1 Å². The predicted octanol–water partition coefficient (Wildman–Crippen LogP) is 4.62. The lowest BCUT2D eigenvalue weighted by Gasteiger charge is -2.30. The van der Waals surface area contributed by atoms with Crippen molar-refractivity contribution in [1.82, 2.24) is 15.5 Å². The highest BCUT2D eigenvalue weighted by Crippen LogP contribution is 2.30. The highest BCUT2D eigenvalue weighted by molar-refractivity contribution is 6.30. The quantitative estimate of drug-likeness (QED) is 0.391. The first-order chi connectivity index (χ1) is 17.7. The van der Waals surface area contributed by atoms with Crippen LogP contribution < -0.4 is 10.6 Å². The number of nitrogens with zero attached hydrogens (tertiary/aromatic N) is 1. The summed E-state index contributed by atoms with van der Waals surface area (Å²) in [5.41, 5.74) is 0.168. The lowest BCUT2D eigenvalue weighted by atomic mass is 9.92. The van der Waals surface area contributed by atoms with Crippen molar-refractivity contribution in [3.8, 4) is 0 Å². The molecule has 1 saturated heterocycles. The van der Waals surface area contributed by atoms with E-state index in [9.17, 15) is 24.3 Å². The number of hydrogen-bond acceptors (Lipinski definition) is 5. The summed E-state index contributed by atoms with van der Waals surface area (Å²) in [4.78, 5) is 51.8. The molecule has 1 aromatic carbocycles. The van der Waals surface area contributed by atoms with Gasteiger partial charge in [0.2, 0.25) is 11.8 Å². The van der Waals surface area contributed by atoms with Crippen molar-refractivity contribution in [2.45, 2.75) is 84.5 Å². The molecule has 210 valence electrons. The van der Waals surface area contributed by atoms with Crippen molar-refractivity contribution in [1.29, 1.82) is 0 Å². The van der Waals surface area contributed by atoms with Gasteiger partial charge in [-0.05, 0) is 52.0 Å². The Morgan fingerprint density at radius 1 is 1.13 bits per heavy atom. The molecule has 0 saturated carbocycles. The maximum atomic E-state index is 13.4. The van der Waals surface area contributed by atoms with Crippen molar-refractivity contribution in [2.75, 3.05) is 6.54 Å². The van der Waals surface area contributed by atoms with Crippen LogP contribution in [0.1, 0.15) is 72.4 Å². The fraction of sp³-hybridized carbons (Fsp3) is 0.571. The first-order valence-electron chi connectivity index (χ1n) is 12.9. The third-order valence-electron chi connectivity index (χ3n) is 6.24. The van der Waals surface area contributed by atoms with Gasteiger partial charge in [0.05, 0.1) is 24.4 Å². The average Bonchev–Trinajstić information content (AvgIpc) is 3.30. The van der Waals surface area contributed by atoms with Crippen LogP contribution in [0.3, 0.4) is 0 Å². The highest BCUT2D eigenvalue weighted by Gasteiger charge is 2.37. The van der Waals surface area contributed by atoms with Gasteiger partial charge in [-0.1, -0.05) is 61.9 Å². The number of carboxylic acid groups (broad SMARTS) is 1. The maximum absolute atomic E-state index is 13.4. The zero-order chi connectivity index (χ0) is 28.6. The third kappa shape index (κ3) is 9.35. The monoisotopic (exact) mass is 549 g/mol. The Kier molecular flexibility index (Phi) is 11.2. The van der Waals surface area contributed by atoms with Crippen LogP contribution in [-0.4, -0.2) is 58.1 Å². The van der Waals surface area contributed by atoms with Gasteiger partial charge in [0.25, 0.3) is 0 Å².